The van der Waals surface area contributed by atoms with E-state index >= 15 is 0 Å². The van der Waals surface area contributed by atoms with Gasteiger partial charge in [0.1, 0.15) is 5.94 Å². The van der Waals surface area contributed by atoms with Crippen molar-refractivity contribution in [2.24, 2.45) is 0 Å². The Balaban J connectivity index is 2.60. The molecule has 1 rings (SSSR count). The normalized spacial score (nSPS) is 11.7. The first kappa shape index (κ1) is 26.0. The smallest absolute Gasteiger partial charge is 0.337 e. The van der Waals surface area contributed by atoms with Crippen molar-refractivity contribution in [1.29, 1.82) is 0 Å². The largest absolute Gasteiger partial charge is 0.478 e. The fourth-order valence-corrected chi connectivity index (χ4v) is 4.07. The summed E-state index contributed by atoms with van der Waals surface area (Å²) in [6.07, 6.45) is 18.0. The van der Waals surface area contributed by atoms with Crippen LogP contribution >= 0.6 is 0 Å². The number of allylic oxidation sites excluding steroid dienone is 1. The minimum atomic E-state index is -0.865. The molecule has 0 bridgehead atoms. The molecular formula is C26H41NO3. The molecule has 168 valence electrons. The highest BCUT2D eigenvalue weighted by atomic mass is 16.4. The van der Waals surface area contributed by atoms with Crippen molar-refractivity contribution in [3.63, 3.8) is 0 Å². The number of unbranched alkanes of at least 4 members (excludes halogenated alkanes) is 10. The molecule has 0 saturated carbocycles. The number of para-hydroxylation sites is 1. The fourth-order valence-electron chi connectivity index (χ4n) is 4.07. The van der Waals surface area contributed by atoms with Crippen LogP contribution in [-0.4, -0.2) is 30.1 Å². The minimum absolute atomic E-state index is 0.357. The number of aromatic carboxylic acids is 1. The van der Waals surface area contributed by atoms with Crippen LogP contribution in [-0.2, 0) is 4.79 Å². The molecule has 0 aliphatic heterocycles. The Kier molecular flexibility index (Phi) is 14.5. The van der Waals surface area contributed by atoms with Gasteiger partial charge < -0.3 is 10.0 Å². The lowest BCUT2D eigenvalue weighted by molar-refractivity contribution is 0.0697. The lowest BCUT2D eigenvalue weighted by Crippen LogP contribution is -2.33. The van der Waals surface area contributed by atoms with Gasteiger partial charge in [-0.05, 0) is 43.9 Å². The van der Waals surface area contributed by atoms with Crippen LogP contribution < -0.4 is 4.90 Å². The van der Waals surface area contributed by atoms with Gasteiger partial charge in [0.2, 0.25) is 0 Å². The molecule has 0 heterocycles. The molecule has 4 heteroatoms. The SMILES string of the molecule is CCCCCCCCCC(CCCCCCC=C=O)N(C)c1ccccc1C(=O)O. The van der Waals surface area contributed by atoms with Crippen molar-refractivity contribution in [3.05, 3.63) is 35.9 Å². The first-order chi connectivity index (χ1) is 14.6. The molecule has 1 atom stereocenters. The second kappa shape index (κ2) is 16.7. The van der Waals surface area contributed by atoms with E-state index in [2.05, 4.69) is 11.8 Å². The number of hydrogen-bond acceptors (Lipinski definition) is 3. The van der Waals surface area contributed by atoms with Crippen LogP contribution in [0, 0.1) is 0 Å². The number of carboxylic acids is 1. The maximum atomic E-state index is 11.7. The number of carbonyl (C=O) groups excluding carboxylic acids is 1. The van der Waals surface area contributed by atoms with E-state index in [1.807, 2.05) is 25.1 Å². The third-order valence-electron chi connectivity index (χ3n) is 5.92. The van der Waals surface area contributed by atoms with Gasteiger partial charge in [-0.15, -0.1) is 0 Å². The molecule has 30 heavy (non-hydrogen) atoms. The van der Waals surface area contributed by atoms with Gasteiger partial charge in [-0.2, -0.15) is 0 Å². The van der Waals surface area contributed by atoms with Crippen molar-refractivity contribution < 1.29 is 14.7 Å². The number of benzene rings is 1. The average molecular weight is 416 g/mol. The number of rotatable bonds is 18. The standard InChI is InChI=1S/C26H41NO3/c1-3-4-5-6-7-10-13-18-23(19-14-11-8-9-12-17-22-28)27(2)25-21-16-15-20-24(25)26(29)30/h15-17,20-21,23H,3-14,18-19H2,1-2H3,(H,29,30). The first-order valence-corrected chi connectivity index (χ1v) is 11.9. The van der Waals surface area contributed by atoms with Gasteiger partial charge >= 0.3 is 5.97 Å². The van der Waals surface area contributed by atoms with Crippen LogP contribution in [0.2, 0.25) is 0 Å². The Morgan fingerprint density at radius 1 is 0.967 bits per heavy atom. The van der Waals surface area contributed by atoms with Gasteiger partial charge in [-0.1, -0.05) is 83.3 Å². The maximum absolute atomic E-state index is 11.7. The molecule has 0 aliphatic rings. The summed E-state index contributed by atoms with van der Waals surface area (Å²) in [7, 11) is 2.04. The Labute approximate surface area is 183 Å². The lowest BCUT2D eigenvalue weighted by Gasteiger charge is -2.31. The zero-order valence-corrected chi connectivity index (χ0v) is 19.1. The average Bonchev–Trinajstić information content (AvgIpc) is 2.75. The maximum Gasteiger partial charge on any atom is 0.337 e. The second-order valence-electron chi connectivity index (χ2n) is 8.31. The van der Waals surface area contributed by atoms with E-state index in [0.717, 1.165) is 50.6 Å². The third-order valence-corrected chi connectivity index (χ3v) is 5.92. The lowest BCUT2D eigenvalue weighted by atomic mass is 9.98. The summed E-state index contributed by atoms with van der Waals surface area (Å²) in [4.78, 5) is 24.1. The van der Waals surface area contributed by atoms with Crippen LogP contribution in [0.5, 0.6) is 0 Å². The number of carbonyl (C=O) groups is 1. The fraction of sp³-hybridized carbons (Fsp3) is 0.654. The highest BCUT2D eigenvalue weighted by Crippen LogP contribution is 2.26. The molecule has 0 saturated heterocycles. The molecule has 1 unspecified atom stereocenters. The molecule has 0 fully saturated rings. The summed E-state index contributed by atoms with van der Waals surface area (Å²) in [5, 5.41) is 9.57. The zero-order valence-electron chi connectivity index (χ0n) is 19.1. The highest BCUT2D eigenvalue weighted by Gasteiger charge is 2.19. The Bertz CT molecular complexity index is 637. The van der Waals surface area contributed by atoms with Gasteiger partial charge in [0.15, 0.2) is 0 Å². The van der Waals surface area contributed by atoms with Crippen molar-refractivity contribution in [2.75, 3.05) is 11.9 Å². The highest BCUT2D eigenvalue weighted by molar-refractivity contribution is 5.94. The van der Waals surface area contributed by atoms with Gasteiger partial charge in [-0.25, -0.2) is 9.59 Å². The van der Waals surface area contributed by atoms with Crippen molar-refractivity contribution in [3.8, 4) is 0 Å². The van der Waals surface area contributed by atoms with E-state index in [4.69, 9.17) is 0 Å². The first-order valence-electron chi connectivity index (χ1n) is 11.9. The summed E-state index contributed by atoms with van der Waals surface area (Å²) in [5.41, 5.74) is 1.19. The van der Waals surface area contributed by atoms with E-state index in [9.17, 15) is 14.7 Å². The van der Waals surface area contributed by atoms with Crippen LogP contribution in [0.15, 0.2) is 30.3 Å². The Morgan fingerprint density at radius 2 is 1.53 bits per heavy atom. The summed E-state index contributed by atoms with van der Waals surface area (Å²) in [6.45, 7) is 2.24. The van der Waals surface area contributed by atoms with E-state index in [-0.39, 0.29) is 0 Å². The number of anilines is 1. The van der Waals surface area contributed by atoms with Crippen LogP contribution in [0.25, 0.3) is 0 Å². The minimum Gasteiger partial charge on any atom is -0.478 e. The molecule has 0 aromatic heterocycles. The van der Waals surface area contributed by atoms with E-state index in [1.54, 1.807) is 18.2 Å². The predicted molar refractivity (Wildman–Crippen MR) is 126 cm³/mol. The predicted octanol–water partition coefficient (Wildman–Crippen LogP) is 7.06. The third kappa shape index (κ3) is 10.6. The van der Waals surface area contributed by atoms with Gasteiger partial charge in [-0.3, -0.25) is 0 Å². The summed E-state index contributed by atoms with van der Waals surface area (Å²) in [5.74, 6) is 0.974. The number of carboxylic acid groups (broad SMARTS) is 1. The second-order valence-corrected chi connectivity index (χ2v) is 8.31. The van der Waals surface area contributed by atoms with Gasteiger partial charge in [0, 0.05) is 13.1 Å². The summed E-state index contributed by atoms with van der Waals surface area (Å²) >= 11 is 0. The van der Waals surface area contributed by atoms with Crippen molar-refractivity contribution in [2.45, 2.75) is 103 Å². The molecule has 1 N–H and O–H groups in total. The van der Waals surface area contributed by atoms with Crippen LogP contribution in [0.4, 0.5) is 5.69 Å². The zero-order chi connectivity index (χ0) is 22.0. The summed E-state index contributed by atoms with van der Waals surface area (Å²) < 4.78 is 0. The Morgan fingerprint density at radius 3 is 2.13 bits per heavy atom. The van der Waals surface area contributed by atoms with Crippen LogP contribution in [0.3, 0.4) is 0 Å². The van der Waals surface area contributed by atoms with Crippen molar-refractivity contribution in [1.82, 2.24) is 0 Å². The molecule has 0 amide bonds. The molecular weight excluding hydrogens is 374 g/mol. The molecule has 1 aromatic rings. The number of hydrogen-bond donors (Lipinski definition) is 1. The van der Waals surface area contributed by atoms with Crippen molar-refractivity contribution >= 4 is 17.6 Å². The van der Waals surface area contributed by atoms with E-state index < -0.39 is 5.97 Å². The summed E-state index contributed by atoms with van der Waals surface area (Å²) in [6, 6.07) is 7.69. The van der Waals surface area contributed by atoms with E-state index in [1.165, 1.54) is 44.9 Å². The molecule has 0 radical (unpaired) electrons. The van der Waals surface area contributed by atoms with E-state index in [0.29, 0.717) is 11.6 Å². The van der Waals surface area contributed by atoms with Gasteiger partial charge in [0.05, 0.1) is 11.3 Å². The molecule has 4 nitrogen and oxygen atoms in total. The Hall–Kier alpha value is -2.06. The van der Waals surface area contributed by atoms with Gasteiger partial charge in [0.25, 0.3) is 0 Å². The molecule has 1 aromatic carbocycles. The molecule has 0 spiro atoms. The van der Waals surface area contributed by atoms with Crippen LogP contribution in [0.1, 0.15) is 107 Å². The number of nitrogens with zero attached hydrogens (tertiary/aromatic N) is 1. The molecule has 0 aliphatic carbocycles. The topological polar surface area (TPSA) is 57.6 Å². The monoisotopic (exact) mass is 415 g/mol. The quantitative estimate of drug-likeness (QED) is 0.206.